The molecule has 1 heterocycles. The molecular formula is C28H24N2O4S. The van der Waals surface area contributed by atoms with Crippen LogP contribution >= 0.6 is 0 Å². The second-order valence-corrected chi connectivity index (χ2v) is 10.3. The number of anilines is 2. The number of sulfonamides is 1. The van der Waals surface area contributed by atoms with Crippen molar-refractivity contribution in [1.29, 1.82) is 0 Å². The van der Waals surface area contributed by atoms with Gasteiger partial charge < -0.3 is 9.73 Å². The zero-order valence-corrected chi connectivity index (χ0v) is 20.4. The molecule has 5 rings (SSSR count). The Morgan fingerprint density at radius 2 is 1.51 bits per heavy atom. The SMILES string of the molecule is Cc1ccc(C)c(NS(=O)(=O)c2cc(C(=O)Nc3ccc4c(c3)oc3ccccc34)ccc2C)c1. The molecule has 0 radical (unpaired) electrons. The van der Waals surface area contributed by atoms with Gasteiger partial charge >= 0.3 is 0 Å². The largest absolute Gasteiger partial charge is 0.456 e. The summed E-state index contributed by atoms with van der Waals surface area (Å²) in [5, 5.41) is 4.81. The van der Waals surface area contributed by atoms with Crippen molar-refractivity contribution in [2.75, 3.05) is 10.0 Å². The molecule has 2 N–H and O–H groups in total. The van der Waals surface area contributed by atoms with Gasteiger partial charge in [0.2, 0.25) is 0 Å². The van der Waals surface area contributed by atoms with Gasteiger partial charge in [0.1, 0.15) is 11.2 Å². The molecule has 0 fully saturated rings. The van der Waals surface area contributed by atoms with Crippen molar-refractivity contribution < 1.29 is 17.6 Å². The molecule has 1 aromatic heterocycles. The predicted molar refractivity (Wildman–Crippen MR) is 140 cm³/mol. The van der Waals surface area contributed by atoms with Crippen molar-refractivity contribution in [3.63, 3.8) is 0 Å². The van der Waals surface area contributed by atoms with Crippen molar-refractivity contribution in [1.82, 2.24) is 0 Å². The molecule has 4 aromatic carbocycles. The summed E-state index contributed by atoms with van der Waals surface area (Å²) in [6.07, 6.45) is 0. The van der Waals surface area contributed by atoms with Crippen LogP contribution in [0.25, 0.3) is 21.9 Å². The van der Waals surface area contributed by atoms with Crippen LogP contribution in [0.3, 0.4) is 0 Å². The Bertz CT molecular complexity index is 1720. The number of carbonyl (C=O) groups is 1. The third-order valence-corrected chi connectivity index (χ3v) is 7.52. The lowest BCUT2D eigenvalue weighted by Crippen LogP contribution is -2.17. The van der Waals surface area contributed by atoms with E-state index in [1.54, 1.807) is 37.3 Å². The second-order valence-electron chi connectivity index (χ2n) is 8.67. The summed E-state index contributed by atoms with van der Waals surface area (Å²) < 4.78 is 34.9. The Kier molecular flexibility index (Phi) is 5.57. The van der Waals surface area contributed by atoms with E-state index in [4.69, 9.17) is 4.42 Å². The first-order valence-electron chi connectivity index (χ1n) is 11.1. The maximum Gasteiger partial charge on any atom is 0.262 e. The van der Waals surface area contributed by atoms with Crippen LogP contribution < -0.4 is 10.0 Å². The summed E-state index contributed by atoms with van der Waals surface area (Å²) in [4.78, 5) is 13.1. The van der Waals surface area contributed by atoms with Crippen molar-refractivity contribution in [2.45, 2.75) is 25.7 Å². The van der Waals surface area contributed by atoms with Crippen LogP contribution in [-0.2, 0) is 10.0 Å². The van der Waals surface area contributed by atoms with Gasteiger partial charge in [-0.1, -0.05) is 36.4 Å². The molecule has 0 saturated carbocycles. The number of amides is 1. The molecule has 6 nitrogen and oxygen atoms in total. The quantitative estimate of drug-likeness (QED) is 0.295. The summed E-state index contributed by atoms with van der Waals surface area (Å²) in [5.74, 6) is -0.413. The monoisotopic (exact) mass is 484 g/mol. The third kappa shape index (κ3) is 4.38. The Labute approximate surface area is 203 Å². The molecular weight excluding hydrogens is 460 g/mol. The van der Waals surface area contributed by atoms with E-state index in [0.717, 1.165) is 27.5 Å². The van der Waals surface area contributed by atoms with E-state index in [0.29, 0.717) is 22.5 Å². The number of hydrogen-bond acceptors (Lipinski definition) is 4. The predicted octanol–water partition coefficient (Wildman–Crippen LogP) is 6.56. The average molecular weight is 485 g/mol. The molecule has 0 aliphatic carbocycles. The highest BCUT2D eigenvalue weighted by molar-refractivity contribution is 7.92. The molecule has 7 heteroatoms. The molecule has 0 spiro atoms. The summed E-state index contributed by atoms with van der Waals surface area (Å²) in [6, 6.07) is 23.4. The minimum atomic E-state index is -3.90. The van der Waals surface area contributed by atoms with Gasteiger partial charge in [0.15, 0.2) is 0 Å². The highest BCUT2D eigenvalue weighted by atomic mass is 32.2. The summed E-state index contributed by atoms with van der Waals surface area (Å²) >= 11 is 0. The van der Waals surface area contributed by atoms with Crippen LogP contribution in [0, 0.1) is 20.8 Å². The first-order valence-corrected chi connectivity index (χ1v) is 12.6. The van der Waals surface area contributed by atoms with E-state index in [1.165, 1.54) is 6.07 Å². The van der Waals surface area contributed by atoms with Crippen molar-refractivity contribution in [2.24, 2.45) is 0 Å². The Balaban J connectivity index is 1.43. The zero-order chi connectivity index (χ0) is 24.7. The number of benzene rings is 4. The Morgan fingerprint density at radius 3 is 2.34 bits per heavy atom. The summed E-state index contributed by atoms with van der Waals surface area (Å²) in [6.45, 7) is 5.44. The zero-order valence-electron chi connectivity index (χ0n) is 19.5. The highest BCUT2D eigenvalue weighted by Gasteiger charge is 2.20. The van der Waals surface area contributed by atoms with Crippen molar-refractivity contribution in [3.05, 3.63) is 101 Å². The smallest absolute Gasteiger partial charge is 0.262 e. The number of carbonyl (C=O) groups excluding carboxylic acids is 1. The van der Waals surface area contributed by atoms with Gasteiger partial charge in [-0.3, -0.25) is 9.52 Å². The molecule has 1 amide bonds. The molecule has 0 bridgehead atoms. The lowest BCUT2D eigenvalue weighted by molar-refractivity contribution is 0.102. The fourth-order valence-electron chi connectivity index (χ4n) is 4.08. The first-order chi connectivity index (χ1) is 16.7. The van der Waals surface area contributed by atoms with E-state index < -0.39 is 15.9 Å². The minimum absolute atomic E-state index is 0.0544. The van der Waals surface area contributed by atoms with Gasteiger partial charge in [0.25, 0.3) is 15.9 Å². The summed E-state index contributed by atoms with van der Waals surface area (Å²) in [7, 11) is -3.90. The van der Waals surface area contributed by atoms with Gasteiger partial charge in [0.05, 0.1) is 10.6 Å². The Hall–Kier alpha value is -4.10. The molecule has 0 atom stereocenters. The Morgan fingerprint density at radius 1 is 0.771 bits per heavy atom. The van der Waals surface area contributed by atoms with Crippen LogP contribution in [0.15, 0.2) is 88.2 Å². The van der Waals surface area contributed by atoms with E-state index in [-0.39, 0.29) is 10.5 Å². The average Bonchev–Trinajstić information content (AvgIpc) is 3.19. The highest BCUT2D eigenvalue weighted by Crippen LogP contribution is 2.30. The molecule has 35 heavy (non-hydrogen) atoms. The minimum Gasteiger partial charge on any atom is -0.456 e. The number of aryl methyl sites for hydroxylation is 3. The van der Waals surface area contributed by atoms with Gasteiger partial charge in [-0.25, -0.2) is 8.42 Å². The van der Waals surface area contributed by atoms with Crippen molar-refractivity contribution in [3.8, 4) is 0 Å². The maximum absolute atomic E-state index is 13.2. The number of furan rings is 1. The van der Waals surface area contributed by atoms with E-state index in [2.05, 4.69) is 10.0 Å². The standard InChI is InChI=1S/C28H24N2O4S/c1-17-8-9-18(2)24(14-17)30-35(32,33)27-15-20(11-10-19(27)3)28(31)29-21-12-13-23-22-6-4-5-7-25(22)34-26(23)16-21/h4-16,30H,1-3H3,(H,29,31). The van der Waals surface area contributed by atoms with Gasteiger partial charge in [-0.15, -0.1) is 0 Å². The second kappa shape index (κ2) is 8.60. The number of nitrogens with one attached hydrogen (secondary N) is 2. The molecule has 5 aromatic rings. The van der Waals surface area contributed by atoms with Crippen LogP contribution in [-0.4, -0.2) is 14.3 Å². The normalized spacial score (nSPS) is 11.6. The van der Waals surface area contributed by atoms with Gasteiger partial charge in [0, 0.05) is 28.1 Å². The fraction of sp³-hybridized carbons (Fsp3) is 0.107. The lowest BCUT2D eigenvalue weighted by Gasteiger charge is -2.14. The number of para-hydroxylation sites is 1. The fourth-order valence-corrected chi connectivity index (χ4v) is 5.48. The number of hydrogen-bond donors (Lipinski definition) is 2. The third-order valence-electron chi connectivity index (χ3n) is 6.01. The molecule has 176 valence electrons. The maximum atomic E-state index is 13.2. The van der Waals surface area contributed by atoms with Gasteiger partial charge in [-0.2, -0.15) is 0 Å². The molecule has 0 aliphatic heterocycles. The van der Waals surface area contributed by atoms with Crippen molar-refractivity contribution >= 4 is 49.2 Å². The van der Waals surface area contributed by atoms with Crippen LogP contribution in [0.2, 0.25) is 0 Å². The summed E-state index contributed by atoms with van der Waals surface area (Å²) in [5.41, 5.74) is 5.04. The van der Waals surface area contributed by atoms with Gasteiger partial charge in [-0.05, 0) is 73.9 Å². The van der Waals surface area contributed by atoms with Crippen LogP contribution in [0.1, 0.15) is 27.0 Å². The van der Waals surface area contributed by atoms with Crippen LogP contribution in [0.4, 0.5) is 11.4 Å². The number of fused-ring (bicyclic) bond motifs is 3. The first kappa shape index (κ1) is 22.7. The topological polar surface area (TPSA) is 88.4 Å². The van der Waals surface area contributed by atoms with E-state index in [9.17, 15) is 13.2 Å². The molecule has 0 aliphatic rings. The molecule has 0 unspecified atom stereocenters. The van der Waals surface area contributed by atoms with Crippen LogP contribution in [0.5, 0.6) is 0 Å². The number of rotatable bonds is 5. The van der Waals surface area contributed by atoms with E-state index >= 15 is 0 Å². The molecule has 0 saturated heterocycles. The lowest BCUT2D eigenvalue weighted by atomic mass is 10.1. The van der Waals surface area contributed by atoms with E-state index in [1.807, 2.05) is 56.3 Å².